The van der Waals surface area contributed by atoms with E-state index in [2.05, 4.69) is 10.6 Å². The van der Waals surface area contributed by atoms with Gasteiger partial charge in [0.25, 0.3) is 0 Å². The van der Waals surface area contributed by atoms with Crippen LogP contribution in [-0.2, 0) is 14.8 Å². The normalized spacial score (nSPS) is 16.3. The molecule has 0 heterocycles. The SMILES string of the molecule is NS(=O)(=O)CCNC(=O)CNCC1CC1. The lowest BCUT2D eigenvalue weighted by molar-refractivity contribution is -0.120. The summed E-state index contributed by atoms with van der Waals surface area (Å²) in [7, 11) is -3.48. The highest BCUT2D eigenvalue weighted by Gasteiger charge is 2.20. The summed E-state index contributed by atoms with van der Waals surface area (Å²) in [5.41, 5.74) is 0. The second kappa shape index (κ2) is 5.43. The lowest BCUT2D eigenvalue weighted by Gasteiger charge is -2.05. The molecule has 0 aromatic heterocycles. The first-order chi connectivity index (χ1) is 6.97. The van der Waals surface area contributed by atoms with Crippen LogP contribution in [0.15, 0.2) is 0 Å². The molecule has 0 spiro atoms. The number of primary sulfonamides is 1. The fraction of sp³-hybridized carbons (Fsp3) is 0.875. The summed E-state index contributed by atoms with van der Waals surface area (Å²) in [6.07, 6.45) is 2.47. The topological polar surface area (TPSA) is 101 Å². The average molecular weight is 235 g/mol. The van der Waals surface area contributed by atoms with Crippen LogP contribution < -0.4 is 15.8 Å². The maximum absolute atomic E-state index is 11.1. The van der Waals surface area contributed by atoms with Crippen LogP contribution in [0.25, 0.3) is 0 Å². The van der Waals surface area contributed by atoms with Crippen LogP contribution >= 0.6 is 0 Å². The quantitative estimate of drug-likeness (QED) is 0.494. The number of hydrogen-bond donors (Lipinski definition) is 3. The number of nitrogens with two attached hydrogens (primary N) is 1. The van der Waals surface area contributed by atoms with Gasteiger partial charge >= 0.3 is 0 Å². The Morgan fingerprint density at radius 1 is 1.40 bits per heavy atom. The second-order valence-electron chi connectivity index (χ2n) is 3.79. The first-order valence-electron chi connectivity index (χ1n) is 4.95. The summed E-state index contributed by atoms with van der Waals surface area (Å²) in [4.78, 5) is 11.1. The van der Waals surface area contributed by atoms with E-state index in [1.54, 1.807) is 0 Å². The monoisotopic (exact) mass is 235 g/mol. The number of sulfonamides is 1. The van der Waals surface area contributed by atoms with E-state index in [9.17, 15) is 13.2 Å². The Bertz CT molecular complexity index is 311. The summed E-state index contributed by atoms with van der Waals surface area (Å²) in [6, 6.07) is 0. The third-order valence-electron chi connectivity index (χ3n) is 2.12. The van der Waals surface area contributed by atoms with Crippen LogP contribution in [0.2, 0.25) is 0 Å². The average Bonchev–Trinajstić information content (AvgIpc) is 2.85. The first kappa shape index (κ1) is 12.4. The Hall–Kier alpha value is -0.660. The first-order valence-corrected chi connectivity index (χ1v) is 6.67. The van der Waals surface area contributed by atoms with E-state index < -0.39 is 10.0 Å². The van der Waals surface area contributed by atoms with Gasteiger partial charge in [-0.2, -0.15) is 0 Å². The van der Waals surface area contributed by atoms with Crippen molar-refractivity contribution in [1.29, 1.82) is 0 Å². The molecule has 0 aliphatic heterocycles. The van der Waals surface area contributed by atoms with E-state index in [-0.39, 0.29) is 24.7 Å². The maximum Gasteiger partial charge on any atom is 0.233 e. The van der Waals surface area contributed by atoms with Gasteiger partial charge in [0.2, 0.25) is 15.9 Å². The van der Waals surface area contributed by atoms with Crippen molar-refractivity contribution in [2.45, 2.75) is 12.8 Å². The van der Waals surface area contributed by atoms with Crippen molar-refractivity contribution in [2.24, 2.45) is 11.1 Å². The standard InChI is InChI=1S/C8H17N3O3S/c9-15(13,14)4-3-11-8(12)6-10-5-7-1-2-7/h7,10H,1-6H2,(H,11,12)(H2,9,13,14). The smallest absolute Gasteiger partial charge is 0.233 e. The second-order valence-corrected chi connectivity index (χ2v) is 5.53. The molecule has 1 saturated carbocycles. The summed E-state index contributed by atoms with van der Waals surface area (Å²) in [5, 5.41) is 10.2. The molecule has 0 saturated heterocycles. The van der Waals surface area contributed by atoms with Crippen molar-refractivity contribution in [3.8, 4) is 0 Å². The van der Waals surface area contributed by atoms with Crippen LogP contribution in [0, 0.1) is 5.92 Å². The predicted octanol–water partition coefficient (Wildman–Crippen LogP) is -1.61. The molecule has 0 unspecified atom stereocenters. The van der Waals surface area contributed by atoms with E-state index in [0.717, 1.165) is 12.5 Å². The Morgan fingerprint density at radius 3 is 2.60 bits per heavy atom. The van der Waals surface area contributed by atoms with E-state index in [1.165, 1.54) is 12.8 Å². The molecule has 0 bridgehead atoms. The van der Waals surface area contributed by atoms with E-state index >= 15 is 0 Å². The minimum Gasteiger partial charge on any atom is -0.354 e. The number of carbonyl (C=O) groups is 1. The third-order valence-corrected chi connectivity index (χ3v) is 2.90. The van der Waals surface area contributed by atoms with Gasteiger partial charge in [-0.15, -0.1) is 0 Å². The molecule has 1 fully saturated rings. The fourth-order valence-electron chi connectivity index (χ4n) is 1.11. The van der Waals surface area contributed by atoms with Crippen LogP contribution in [0.4, 0.5) is 0 Å². The Kier molecular flexibility index (Phi) is 4.49. The zero-order valence-electron chi connectivity index (χ0n) is 8.53. The zero-order chi connectivity index (χ0) is 11.3. The van der Waals surface area contributed by atoms with Crippen molar-refractivity contribution in [1.82, 2.24) is 10.6 Å². The van der Waals surface area contributed by atoms with Crippen molar-refractivity contribution in [3.63, 3.8) is 0 Å². The molecular formula is C8H17N3O3S. The molecule has 0 aromatic rings. The minimum absolute atomic E-state index is 0.0722. The highest BCUT2D eigenvalue weighted by atomic mass is 32.2. The number of amides is 1. The Labute approximate surface area is 89.6 Å². The van der Waals surface area contributed by atoms with Gasteiger partial charge in [0.1, 0.15) is 0 Å². The van der Waals surface area contributed by atoms with E-state index in [0.29, 0.717) is 0 Å². The molecule has 4 N–H and O–H groups in total. The molecular weight excluding hydrogens is 218 g/mol. The lowest BCUT2D eigenvalue weighted by Crippen LogP contribution is -2.37. The maximum atomic E-state index is 11.1. The predicted molar refractivity (Wildman–Crippen MR) is 56.6 cm³/mol. The van der Waals surface area contributed by atoms with Crippen molar-refractivity contribution < 1.29 is 13.2 Å². The summed E-state index contributed by atoms with van der Waals surface area (Å²) in [5.74, 6) is 0.308. The van der Waals surface area contributed by atoms with Gasteiger partial charge in [0.15, 0.2) is 0 Å². The van der Waals surface area contributed by atoms with Crippen LogP contribution in [0.5, 0.6) is 0 Å². The summed E-state index contributed by atoms with van der Waals surface area (Å²) in [6.45, 7) is 1.17. The van der Waals surface area contributed by atoms with Crippen LogP contribution in [0.3, 0.4) is 0 Å². The molecule has 7 heteroatoms. The Balaban J connectivity index is 1.97. The molecule has 88 valence electrons. The van der Waals surface area contributed by atoms with Gasteiger partial charge in [-0.25, -0.2) is 13.6 Å². The summed E-state index contributed by atoms with van der Waals surface area (Å²) >= 11 is 0. The minimum atomic E-state index is -3.48. The molecule has 1 amide bonds. The van der Waals surface area contributed by atoms with Gasteiger partial charge < -0.3 is 10.6 Å². The number of carbonyl (C=O) groups excluding carboxylic acids is 1. The molecule has 0 atom stereocenters. The molecule has 1 rings (SSSR count). The molecule has 1 aliphatic carbocycles. The number of nitrogens with one attached hydrogen (secondary N) is 2. The van der Waals surface area contributed by atoms with Gasteiger partial charge in [-0.05, 0) is 25.3 Å². The molecule has 1 aliphatic rings. The Morgan fingerprint density at radius 2 is 2.07 bits per heavy atom. The molecule has 0 radical (unpaired) electrons. The van der Waals surface area contributed by atoms with Gasteiger partial charge in [0.05, 0.1) is 12.3 Å². The van der Waals surface area contributed by atoms with Gasteiger partial charge in [-0.3, -0.25) is 4.79 Å². The van der Waals surface area contributed by atoms with Gasteiger partial charge in [-0.1, -0.05) is 0 Å². The van der Waals surface area contributed by atoms with E-state index in [4.69, 9.17) is 5.14 Å². The largest absolute Gasteiger partial charge is 0.354 e. The highest BCUT2D eigenvalue weighted by molar-refractivity contribution is 7.89. The molecule has 6 nitrogen and oxygen atoms in total. The van der Waals surface area contributed by atoms with Crippen molar-refractivity contribution >= 4 is 15.9 Å². The van der Waals surface area contributed by atoms with Gasteiger partial charge in [0, 0.05) is 6.54 Å². The fourth-order valence-corrected chi connectivity index (χ4v) is 1.49. The zero-order valence-corrected chi connectivity index (χ0v) is 9.35. The number of rotatable bonds is 7. The molecule has 15 heavy (non-hydrogen) atoms. The van der Waals surface area contributed by atoms with Crippen molar-refractivity contribution in [2.75, 3.05) is 25.4 Å². The number of hydrogen-bond acceptors (Lipinski definition) is 4. The van der Waals surface area contributed by atoms with Crippen molar-refractivity contribution in [3.05, 3.63) is 0 Å². The summed E-state index contributed by atoms with van der Waals surface area (Å²) < 4.78 is 21.1. The third kappa shape index (κ3) is 7.29. The lowest BCUT2D eigenvalue weighted by atomic mass is 10.4. The van der Waals surface area contributed by atoms with Crippen LogP contribution in [0.1, 0.15) is 12.8 Å². The molecule has 0 aromatic carbocycles. The highest BCUT2D eigenvalue weighted by Crippen LogP contribution is 2.27. The van der Waals surface area contributed by atoms with E-state index in [1.807, 2.05) is 0 Å². The van der Waals surface area contributed by atoms with Crippen LogP contribution in [-0.4, -0.2) is 39.7 Å².